The Labute approximate surface area is 144 Å². The molecule has 1 aromatic rings. The second-order valence-corrected chi connectivity index (χ2v) is 5.40. The van der Waals surface area contributed by atoms with Crippen LogP contribution in [0.1, 0.15) is 38.7 Å². The maximum absolute atomic E-state index is 12.3. The minimum Gasteiger partial charge on any atom is -0.494 e. The van der Waals surface area contributed by atoms with Crippen molar-refractivity contribution in [1.29, 1.82) is 0 Å². The van der Waals surface area contributed by atoms with E-state index in [1.165, 1.54) is 13.2 Å². The molecule has 0 aromatic heterocycles. The summed E-state index contributed by atoms with van der Waals surface area (Å²) >= 11 is 0. The first-order valence-electron chi connectivity index (χ1n) is 8.37. The number of amides is 1. The molecule has 0 unspecified atom stereocenters. The molecule has 1 rings (SSSR count). The standard InChI is InChI=1S/C19H27NO4/c1-4-13-20(14-12-19(22)23-3)18(21)11-8-16-6-9-17(10-7-16)24-15-5-2/h6-11H,4-5,12-15H2,1-3H3/b11-8+. The zero-order valence-electron chi connectivity index (χ0n) is 14.8. The lowest BCUT2D eigenvalue weighted by molar-refractivity contribution is -0.141. The summed E-state index contributed by atoms with van der Waals surface area (Å²) in [5.41, 5.74) is 0.927. The van der Waals surface area contributed by atoms with Gasteiger partial charge in [0, 0.05) is 19.2 Å². The van der Waals surface area contributed by atoms with E-state index >= 15 is 0 Å². The zero-order valence-corrected chi connectivity index (χ0v) is 14.8. The van der Waals surface area contributed by atoms with E-state index in [0.29, 0.717) is 19.7 Å². The van der Waals surface area contributed by atoms with Crippen LogP contribution in [0.25, 0.3) is 6.08 Å². The van der Waals surface area contributed by atoms with Crippen molar-refractivity contribution in [2.75, 3.05) is 26.8 Å². The van der Waals surface area contributed by atoms with E-state index in [4.69, 9.17) is 4.74 Å². The van der Waals surface area contributed by atoms with E-state index in [1.54, 1.807) is 11.0 Å². The molecule has 0 saturated carbocycles. The summed E-state index contributed by atoms with van der Waals surface area (Å²) in [5, 5.41) is 0. The van der Waals surface area contributed by atoms with Crippen LogP contribution < -0.4 is 4.74 Å². The number of benzene rings is 1. The minimum absolute atomic E-state index is 0.105. The SMILES string of the molecule is CCCOc1ccc(/C=C/C(=O)N(CCC)CCC(=O)OC)cc1. The first-order valence-corrected chi connectivity index (χ1v) is 8.37. The molecule has 0 fully saturated rings. The van der Waals surface area contributed by atoms with Gasteiger partial charge in [-0.3, -0.25) is 9.59 Å². The van der Waals surface area contributed by atoms with Crippen molar-refractivity contribution in [2.24, 2.45) is 0 Å². The Hall–Kier alpha value is -2.30. The molecule has 0 aliphatic rings. The van der Waals surface area contributed by atoms with Crippen molar-refractivity contribution in [2.45, 2.75) is 33.1 Å². The highest BCUT2D eigenvalue weighted by atomic mass is 16.5. The van der Waals surface area contributed by atoms with Gasteiger partial charge in [-0.1, -0.05) is 26.0 Å². The van der Waals surface area contributed by atoms with E-state index in [1.807, 2.05) is 31.2 Å². The number of esters is 1. The van der Waals surface area contributed by atoms with Crippen molar-refractivity contribution in [1.82, 2.24) is 4.90 Å². The second kappa shape index (κ2) is 11.3. The number of ether oxygens (including phenoxy) is 2. The number of carbonyl (C=O) groups is 2. The third-order valence-corrected chi connectivity index (χ3v) is 3.39. The highest BCUT2D eigenvalue weighted by Crippen LogP contribution is 2.13. The quantitative estimate of drug-likeness (QED) is 0.487. The third-order valence-electron chi connectivity index (χ3n) is 3.39. The fraction of sp³-hybridized carbons (Fsp3) is 0.474. The summed E-state index contributed by atoms with van der Waals surface area (Å²) in [5.74, 6) is 0.411. The van der Waals surface area contributed by atoms with Crippen LogP contribution >= 0.6 is 0 Å². The number of rotatable bonds is 10. The van der Waals surface area contributed by atoms with Gasteiger partial charge in [0.25, 0.3) is 0 Å². The van der Waals surface area contributed by atoms with Gasteiger partial charge in [-0.25, -0.2) is 0 Å². The predicted octanol–water partition coefficient (Wildman–Crippen LogP) is 3.29. The highest BCUT2D eigenvalue weighted by molar-refractivity contribution is 5.92. The smallest absolute Gasteiger partial charge is 0.307 e. The van der Waals surface area contributed by atoms with Crippen LogP contribution in [-0.4, -0.2) is 43.6 Å². The molecule has 24 heavy (non-hydrogen) atoms. The van der Waals surface area contributed by atoms with Gasteiger partial charge in [-0.05, 0) is 36.6 Å². The molecule has 0 heterocycles. The van der Waals surface area contributed by atoms with Crippen molar-refractivity contribution >= 4 is 18.0 Å². The average molecular weight is 333 g/mol. The summed E-state index contributed by atoms with van der Waals surface area (Å²) in [6, 6.07) is 7.60. The van der Waals surface area contributed by atoms with Gasteiger partial charge >= 0.3 is 5.97 Å². The summed E-state index contributed by atoms with van der Waals surface area (Å²) in [4.78, 5) is 25.2. The maximum atomic E-state index is 12.3. The van der Waals surface area contributed by atoms with Crippen LogP contribution in [0.5, 0.6) is 5.75 Å². The Morgan fingerprint density at radius 2 is 1.79 bits per heavy atom. The molecule has 0 saturated heterocycles. The largest absolute Gasteiger partial charge is 0.494 e. The van der Waals surface area contributed by atoms with Crippen molar-refractivity contribution in [3.05, 3.63) is 35.9 Å². The van der Waals surface area contributed by atoms with Gasteiger partial charge in [-0.15, -0.1) is 0 Å². The van der Waals surface area contributed by atoms with Gasteiger partial charge in [0.05, 0.1) is 20.1 Å². The van der Waals surface area contributed by atoms with E-state index in [0.717, 1.165) is 24.2 Å². The molecule has 1 aromatic carbocycles. The number of hydrogen-bond acceptors (Lipinski definition) is 4. The fourth-order valence-electron chi connectivity index (χ4n) is 2.10. The summed E-state index contributed by atoms with van der Waals surface area (Å²) in [7, 11) is 1.35. The normalized spacial score (nSPS) is 10.6. The lowest BCUT2D eigenvalue weighted by Crippen LogP contribution is -2.32. The first kappa shape index (κ1) is 19.7. The Morgan fingerprint density at radius 1 is 1.08 bits per heavy atom. The summed E-state index contributed by atoms with van der Waals surface area (Å²) < 4.78 is 10.1. The summed E-state index contributed by atoms with van der Waals surface area (Å²) in [6.45, 7) is 5.74. The number of methoxy groups -OCH3 is 1. The van der Waals surface area contributed by atoms with Crippen LogP contribution in [0, 0.1) is 0 Å². The molecule has 5 heteroatoms. The van der Waals surface area contributed by atoms with Crippen LogP contribution in [-0.2, 0) is 14.3 Å². The van der Waals surface area contributed by atoms with Crippen LogP contribution in [0.3, 0.4) is 0 Å². The Morgan fingerprint density at radius 3 is 2.38 bits per heavy atom. The molecular weight excluding hydrogens is 306 g/mol. The Bertz CT molecular complexity index is 537. The Kier molecular flexibility index (Phi) is 9.27. The minimum atomic E-state index is -0.310. The molecule has 0 aliphatic heterocycles. The first-order chi connectivity index (χ1) is 11.6. The van der Waals surface area contributed by atoms with Gasteiger partial charge in [-0.2, -0.15) is 0 Å². The molecule has 0 atom stereocenters. The molecular formula is C19H27NO4. The monoisotopic (exact) mass is 333 g/mol. The van der Waals surface area contributed by atoms with Crippen LogP contribution in [0.4, 0.5) is 0 Å². The predicted molar refractivity (Wildman–Crippen MR) is 94.8 cm³/mol. The Balaban J connectivity index is 2.61. The molecule has 132 valence electrons. The molecule has 0 N–H and O–H groups in total. The lowest BCUT2D eigenvalue weighted by atomic mass is 10.2. The van der Waals surface area contributed by atoms with Crippen molar-refractivity contribution in [3.63, 3.8) is 0 Å². The summed E-state index contributed by atoms with van der Waals surface area (Å²) in [6.07, 6.45) is 5.32. The molecule has 0 radical (unpaired) electrons. The highest BCUT2D eigenvalue weighted by Gasteiger charge is 2.11. The third kappa shape index (κ3) is 7.31. The zero-order chi connectivity index (χ0) is 17.8. The van der Waals surface area contributed by atoms with E-state index in [9.17, 15) is 9.59 Å². The van der Waals surface area contributed by atoms with Crippen LogP contribution in [0.2, 0.25) is 0 Å². The topological polar surface area (TPSA) is 55.8 Å². The van der Waals surface area contributed by atoms with Crippen molar-refractivity contribution in [3.8, 4) is 5.75 Å². The average Bonchev–Trinajstić information content (AvgIpc) is 2.61. The van der Waals surface area contributed by atoms with E-state index in [2.05, 4.69) is 11.7 Å². The van der Waals surface area contributed by atoms with Gasteiger partial charge in [0.2, 0.25) is 5.91 Å². The van der Waals surface area contributed by atoms with Crippen molar-refractivity contribution < 1.29 is 19.1 Å². The van der Waals surface area contributed by atoms with Gasteiger partial charge in [0.1, 0.15) is 5.75 Å². The molecule has 0 aliphatic carbocycles. The van der Waals surface area contributed by atoms with E-state index < -0.39 is 0 Å². The molecule has 0 spiro atoms. The number of hydrogen-bond donors (Lipinski definition) is 0. The molecule has 5 nitrogen and oxygen atoms in total. The van der Waals surface area contributed by atoms with Crippen LogP contribution in [0.15, 0.2) is 30.3 Å². The number of carbonyl (C=O) groups excluding carboxylic acids is 2. The lowest BCUT2D eigenvalue weighted by Gasteiger charge is -2.19. The van der Waals surface area contributed by atoms with Gasteiger partial charge in [0.15, 0.2) is 0 Å². The fourth-order valence-corrected chi connectivity index (χ4v) is 2.10. The van der Waals surface area contributed by atoms with Gasteiger partial charge < -0.3 is 14.4 Å². The molecule has 0 bridgehead atoms. The second-order valence-electron chi connectivity index (χ2n) is 5.40. The molecule has 1 amide bonds. The maximum Gasteiger partial charge on any atom is 0.307 e. The van der Waals surface area contributed by atoms with E-state index in [-0.39, 0.29) is 18.3 Å². The number of nitrogens with zero attached hydrogens (tertiary/aromatic N) is 1.